The molecule has 0 N–H and O–H groups in total. The zero-order valence-corrected chi connectivity index (χ0v) is 17.3. The van der Waals surface area contributed by atoms with Gasteiger partial charge in [-0.05, 0) is 37.8 Å². The lowest BCUT2D eigenvalue weighted by molar-refractivity contribution is -0.149. The highest BCUT2D eigenvalue weighted by atomic mass is 35.5. The SMILES string of the molecule is CCOC(=O)[C@@H]1CCCN(C(=O)c2cnn(-c3ccccc3Cl)c2C(C)C)C1. The molecule has 1 aliphatic heterocycles. The zero-order valence-electron chi connectivity index (χ0n) is 16.5. The first-order valence-electron chi connectivity index (χ1n) is 9.72. The molecular weight excluding hydrogens is 378 g/mol. The molecule has 7 heteroatoms. The molecule has 1 saturated heterocycles. The van der Waals surface area contributed by atoms with Crippen LogP contribution in [0.2, 0.25) is 5.02 Å². The van der Waals surface area contributed by atoms with Gasteiger partial charge in [-0.25, -0.2) is 4.68 Å². The maximum Gasteiger partial charge on any atom is 0.310 e. The first-order chi connectivity index (χ1) is 13.4. The molecule has 0 bridgehead atoms. The quantitative estimate of drug-likeness (QED) is 0.706. The van der Waals surface area contributed by atoms with E-state index in [1.165, 1.54) is 0 Å². The molecular formula is C21H26ClN3O3. The standard InChI is InChI=1S/C21H26ClN3O3/c1-4-28-21(27)15-8-7-11-24(13-15)20(26)16-12-23-25(19(16)14(2)3)18-10-6-5-9-17(18)22/h5-6,9-10,12,14-15H,4,7-8,11,13H2,1-3H3/t15-/m1/s1. The second-order valence-corrected chi connectivity index (χ2v) is 7.71. The van der Waals surface area contributed by atoms with E-state index < -0.39 is 0 Å². The van der Waals surface area contributed by atoms with Crippen molar-refractivity contribution >= 4 is 23.5 Å². The number of piperidine rings is 1. The number of carbonyl (C=O) groups is 2. The molecule has 3 rings (SSSR count). The summed E-state index contributed by atoms with van der Waals surface area (Å²) in [6.45, 7) is 7.21. The van der Waals surface area contributed by atoms with Gasteiger partial charge < -0.3 is 9.64 Å². The number of benzene rings is 1. The summed E-state index contributed by atoms with van der Waals surface area (Å²) in [6, 6.07) is 7.44. The lowest BCUT2D eigenvalue weighted by atomic mass is 9.97. The van der Waals surface area contributed by atoms with Gasteiger partial charge in [-0.2, -0.15) is 5.10 Å². The average molecular weight is 404 g/mol. The molecule has 0 spiro atoms. The highest BCUT2D eigenvalue weighted by molar-refractivity contribution is 6.32. The predicted octanol–water partition coefficient (Wildman–Crippen LogP) is 4.06. The lowest BCUT2D eigenvalue weighted by Crippen LogP contribution is -2.43. The highest BCUT2D eigenvalue weighted by Crippen LogP contribution is 2.29. The van der Waals surface area contributed by atoms with Gasteiger partial charge in [0.15, 0.2) is 0 Å². The summed E-state index contributed by atoms with van der Waals surface area (Å²) in [6.07, 6.45) is 3.14. The summed E-state index contributed by atoms with van der Waals surface area (Å²) < 4.78 is 6.89. The van der Waals surface area contributed by atoms with Crippen LogP contribution >= 0.6 is 11.6 Å². The van der Waals surface area contributed by atoms with Gasteiger partial charge in [0, 0.05) is 13.1 Å². The molecule has 150 valence electrons. The third-order valence-corrected chi connectivity index (χ3v) is 5.31. The Balaban J connectivity index is 1.90. The molecule has 1 aliphatic rings. The van der Waals surface area contributed by atoms with Crippen LogP contribution in [0.15, 0.2) is 30.5 Å². The van der Waals surface area contributed by atoms with Crippen molar-refractivity contribution < 1.29 is 14.3 Å². The molecule has 1 atom stereocenters. The summed E-state index contributed by atoms with van der Waals surface area (Å²) in [5.41, 5.74) is 2.12. The fraction of sp³-hybridized carbons (Fsp3) is 0.476. The second kappa shape index (κ2) is 8.78. The van der Waals surface area contributed by atoms with E-state index in [9.17, 15) is 9.59 Å². The van der Waals surface area contributed by atoms with E-state index in [0.29, 0.717) is 30.3 Å². The van der Waals surface area contributed by atoms with E-state index in [-0.39, 0.29) is 23.7 Å². The smallest absolute Gasteiger partial charge is 0.310 e. The molecule has 0 unspecified atom stereocenters. The number of para-hydroxylation sites is 1. The second-order valence-electron chi connectivity index (χ2n) is 7.30. The van der Waals surface area contributed by atoms with Crippen molar-refractivity contribution in [2.45, 2.75) is 39.5 Å². The Morgan fingerprint density at radius 1 is 1.32 bits per heavy atom. The fourth-order valence-electron chi connectivity index (χ4n) is 3.68. The Labute approximate surface area is 170 Å². The zero-order chi connectivity index (χ0) is 20.3. The van der Waals surface area contributed by atoms with Crippen molar-refractivity contribution in [1.29, 1.82) is 0 Å². The summed E-state index contributed by atoms with van der Waals surface area (Å²) in [5.74, 6) is -0.519. The molecule has 1 aromatic carbocycles. The molecule has 2 heterocycles. The van der Waals surface area contributed by atoms with Crippen LogP contribution in [0.5, 0.6) is 0 Å². The highest BCUT2D eigenvalue weighted by Gasteiger charge is 2.32. The Kier molecular flexibility index (Phi) is 6.39. The molecule has 0 saturated carbocycles. The van der Waals surface area contributed by atoms with Crippen LogP contribution < -0.4 is 0 Å². The van der Waals surface area contributed by atoms with Crippen LogP contribution in [0.1, 0.15) is 55.6 Å². The number of esters is 1. The molecule has 28 heavy (non-hydrogen) atoms. The van der Waals surface area contributed by atoms with Gasteiger partial charge in [0.2, 0.25) is 0 Å². The fourth-order valence-corrected chi connectivity index (χ4v) is 3.89. The van der Waals surface area contributed by atoms with Gasteiger partial charge in [-0.1, -0.05) is 37.6 Å². The van der Waals surface area contributed by atoms with Crippen molar-refractivity contribution in [3.05, 3.63) is 46.7 Å². The number of carbonyl (C=O) groups excluding carboxylic acids is 2. The van der Waals surface area contributed by atoms with Gasteiger partial charge in [0.1, 0.15) is 0 Å². The molecule has 1 aromatic heterocycles. The van der Waals surface area contributed by atoms with E-state index in [2.05, 4.69) is 5.10 Å². The maximum absolute atomic E-state index is 13.3. The number of hydrogen-bond acceptors (Lipinski definition) is 4. The van der Waals surface area contributed by atoms with Crippen molar-refractivity contribution in [2.75, 3.05) is 19.7 Å². The third kappa shape index (κ3) is 4.07. The first kappa shape index (κ1) is 20.4. The van der Waals surface area contributed by atoms with Gasteiger partial charge in [-0.3, -0.25) is 9.59 Å². The Morgan fingerprint density at radius 2 is 2.07 bits per heavy atom. The number of amides is 1. The molecule has 2 aromatic rings. The summed E-state index contributed by atoms with van der Waals surface area (Å²) >= 11 is 6.35. The Morgan fingerprint density at radius 3 is 2.75 bits per heavy atom. The number of ether oxygens (including phenoxy) is 1. The number of likely N-dealkylation sites (tertiary alicyclic amines) is 1. The van der Waals surface area contributed by atoms with Crippen LogP contribution in [0.25, 0.3) is 5.69 Å². The number of aromatic nitrogens is 2. The summed E-state index contributed by atoms with van der Waals surface area (Å²) in [5, 5.41) is 5.04. The van der Waals surface area contributed by atoms with Gasteiger partial charge in [-0.15, -0.1) is 0 Å². The first-order valence-corrected chi connectivity index (χ1v) is 10.1. The molecule has 1 amide bonds. The topological polar surface area (TPSA) is 64.4 Å². The van der Waals surface area contributed by atoms with E-state index in [4.69, 9.17) is 16.3 Å². The average Bonchev–Trinajstić information content (AvgIpc) is 3.13. The molecule has 1 fully saturated rings. The van der Waals surface area contributed by atoms with Crippen LogP contribution in [-0.4, -0.2) is 46.3 Å². The van der Waals surface area contributed by atoms with Crippen molar-refractivity contribution in [2.24, 2.45) is 5.92 Å². The van der Waals surface area contributed by atoms with Gasteiger partial charge in [0.25, 0.3) is 5.91 Å². The molecule has 0 radical (unpaired) electrons. The third-order valence-electron chi connectivity index (χ3n) is 4.99. The minimum Gasteiger partial charge on any atom is -0.466 e. The van der Waals surface area contributed by atoms with Crippen LogP contribution in [0, 0.1) is 5.92 Å². The largest absolute Gasteiger partial charge is 0.466 e. The summed E-state index contributed by atoms with van der Waals surface area (Å²) in [4.78, 5) is 27.1. The molecule has 6 nitrogen and oxygen atoms in total. The van der Waals surface area contributed by atoms with E-state index in [1.54, 1.807) is 28.8 Å². The minimum absolute atomic E-state index is 0.0726. The van der Waals surface area contributed by atoms with Crippen LogP contribution in [0.3, 0.4) is 0 Å². The van der Waals surface area contributed by atoms with Crippen molar-refractivity contribution in [3.63, 3.8) is 0 Å². The Hall–Kier alpha value is -2.34. The monoisotopic (exact) mass is 403 g/mol. The number of nitrogens with zero attached hydrogens (tertiary/aromatic N) is 3. The van der Waals surface area contributed by atoms with Crippen LogP contribution in [-0.2, 0) is 9.53 Å². The maximum atomic E-state index is 13.3. The predicted molar refractivity (Wildman–Crippen MR) is 108 cm³/mol. The minimum atomic E-state index is -0.265. The normalized spacial score (nSPS) is 17.0. The number of rotatable bonds is 5. The van der Waals surface area contributed by atoms with Crippen LogP contribution in [0.4, 0.5) is 0 Å². The van der Waals surface area contributed by atoms with E-state index >= 15 is 0 Å². The lowest BCUT2D eigenvalue weighted by Gasteiger charge is -2.31. The molecule has 0 aliphatic carbocycles. The van der Waals surface area contributed by atoms with E-state index in [1.807, 2.05) is 32.0 Å². The summed E-state index contributed by atoms with van der Waals surface area (Å²) in [7, 11) is 0. The van der Waals surface area contributed by atoms with Crippen molar-refractivity contribution in [3.8, 4) is 5.69 Å². The van der Waals surface area contributed by atoms with Gasteiger partial charge in [0.05, 0.1) is 40.7 Å². The number of halogens is 1. The van der Waals surface area contributed by atoms with Gasteiger partial charge >= 0.3 is 5.97 Å². The number of hydrogen-bond donors (Lipinski definition) is 0. The van der Waals surface area contributed by atoms with Crippen molar-refractivity contribution in [1.82, 2.24) is 14.7 Å². The van der Waals surface area contributed by atoms with E-state index in [0.717, 1.165) is 24.2 Å². The Bertz CT molecular complexity index is 862.